The molecule has 0 N–H and O–H groups in total. The van der Waals surface area contributed by atoms with Gasteiger partial charge in [0.25, 0.3) is 0 Å². The molecule has 1 aromatic heterocycles. The lowest BCUT2D eigenvalue weighted by Gasteiger charge is -2.06. The summed E-state index contributed by atoms with van der Waals surface area (Å²) in [5.41, 5.74) is 0.525. The van der Waals surface area contributed by atoms with Crippen molar-refractivity contribution in [1.82, 2.24) is 0 Å². The maximum absolute atomic E-state index is 12.9. The first-order chi connectivity index (χ1) is 10.5. The van der Waals surface area contributed by atoms with Crippen LogP contribution in [-0.4, -0.2) is 11.8 Å². The van der Waals surface area contributed by atoms with E-state index in [4.69, 9.17) is 16.3 Å². The minimum atomic E-state index is -0.484. The maximum atomic E-state index is 12.9. The molecule has 2 rings (SSSR count). The highest BCUT2D eigenvalue weighted by Crippen LogP contribution is 2.19. The Hall–Kier alpha value is -1.72. The van der Waals surface area contributed by atoms with Gasteiger partial charge in [-0.1, -0.05) is 17.7 Å². The fraction of sp³-hybridized carbons (Fsp3) is 0.250. The Labute approximate surface area is 136 Å². The predicted molar refractivity (Wildman–Crippen MR) is 83.8 cm³/mol. The number of carbonyl (C=O) groups is 2. The third-order valence-electron chi connectivity index (χ3n) is 2.98. The molecule has 2 aromatic rings. The first kappa shape index (κ1) is 16.6. The normalized spacial score (nSPS) is 10.5. The Morgan fingerprint density at radius 1 is 1.23 bits per heavy atom. The third kappa shape index (κ3) is 4.64. The van der Waals surface area contributed by atoms with Gasteiger partial charge >= 0.3 is 5.97 Å². The summed E-state index contributed by atoms with van der Waals surface area (Å²) in [7, 11) is 0. The van der Waals surface area contributed by atoms with Gasteiger partial charge in [0.15, 0.2) is 5.78 Å². The van der Waals surface area contributed by atoms with E-state index in [-0.39, 0.29) is 30.3 Å². The molecular formula is C16H14ClFO3S. The van der Waals surface area contributed by atoms with Crippen LogP contribution in [0.1, 0.15) is 33.0 Å². The summed E-state index contributed by atoms with van der Waals surface area (Å²) in [6.07, 6.45) is 0.116. The number of carbonyl (C=O) groups excluding carboxylic acids is 2. The molecule has 1 heterocycles. The molecule has 0 amide bonds. The van der Waals surface area contributed by atoms with Gasteiger partial charge in [-0.3, -0.25) is 9.59 Å². The van der Waals surface area contributed by atoms with E-state index in [1.807, 2.05) is 13.0 Å². The number of aryl methyl sites for hydroxylation is 1. The van der Waals surface area contributed by atoms with Crippen molar-refractivity contribution in [2.45, 2.75) is 26.4 Å². The molecule has 6 heteroatoms. The standard InChI is InChI=1S/C16H14ClFO3S/c1-10-2-6-15(22-10)14(19)5-7-16(20)21-9-11-3-4-12(18)8-13(11)17/h2-4,6,8H,5,7,9H2,1H3. The number of ketones is 1. The zero-order valence-corrected chi connectivity index (χ0v) is 13.5. The SMILES string of the molecule is Cc1ccc(C(=O)CCC(=O)OCc2ccc(F)cc2Cl)s1. The summed E-state index contributed by atoms with van der Waals surface area (Å²) in [5.74, 6) is -1.01. The fourth-order valence-corrected chi connectivity index (χ4v) is 2.85. The lowest BCUT2D eigenvalue weighted by molar-refractivity contribution is -0.144. The second-order valence-electron chi connectivity index (χ2n) is 4.73. The van der Waals surface area contributed by atoms with Crippen molar-refractivity contribution in [1.29, 1.82) is 0 Å². The molecule has 0 bridgehead atoms. The van der Waals surface area contributed by atoms with E-state index in [1.165, 1.54) is 23.5 Å². The molecule has 0 atom stereocenters. The average molecular weight is 341 g/mol. The molecule has 1 aromatic carbocycles. The second-order valence-corrected chi connectivity index (χ2v) is 6.42. The molecule has 22 heavy (non-hydrogen) atoms. The van der Waals surface area contributed by atoms with Crippen LogP contribution in [0, 0.1) is 12.7 Å². The van der Waals surface area contributed by atoms with Crippen molar-refractivity contribution < 1.29 is 18.7 Å². The Morgan fingerprint density at radius 3 is 2.64 bits per heavy atom. The van der Waals surface area contributed by atoms with Crippen LogP contribution in [0.15, 0.2) is 30.3 Å². The van der Waals surface area contributed by atoms with E-state index in [1.54, 1.807) is 6.07 Å². The number of benzene rings is 1. The summed E-state index contributed by atoms with van der Waals surface area (Å²) in [6.45, 7) is 1.88. The quantitative estimate of drug-likeness (QED) is 0.572. The molecular weight excluding hydrogens is 327 g/mol. The van der Waals surface area contributed by atoms with Gasteiger partial charge in [-0.2, -0.15) is 0 Å². The first-order valence-electron chi connectivity index (χ1n) is 6.65. The number of halogens is 2. The number of rotatable bonds is 6. The van der Waals surface area contributed by atoms with Crippen LogP contribution >= 0.6 is 22.9 Å². The van der Waals surface area contributed by atoms with Crippen LogP contribution in [-0.2, 0) is 16.1 Å². The molecule has 0 saturated heterocycles. The van der Waals surface area contributed by atoms with Gasteiger partial charge in [0, 0.05) is 16.9 Å². The fourth-order valence-electron chi connectivity index (χ4n) is 1.79. The van der Waals surface area contributed by atoms with E-state index in [0.29, 0.717) is 10.4 Å². The van der Waals surface area contributed by atoms with Crippen LogP contribution < -0.4 is 0 Å². The molecule has 0 spiro atoms. The lowest BCUT2D eigenvalue weighted by atomic mass is 10.2. The molecule has 116 valence electrons. The minimum absolute atomic E-state index is 0.00853. The zero-order chi connectivity index (χ0) is 16.1. The van der Waals surface area contributed by atoms with Crippen LogP contribution in [0.25, 0.3) is 0 Å². The Balaban J connectivity index is 1.79. The number of hydrogen-bond donors (Lipinski definition) is 0. The van der Waals surface area contributed by atoms with Crippen LogP contribution in [0.3, 0.4) is 0 Å². The Bertz CT molecular complexity index is 696. The summed E-state index contributed by atoms with van der Waals surface area (Å²) >= 11 is 7.25. The summed E-state index contributed by atoms with van der Waals surface area (Å²) in [4.78, 5) is 25.2. The van der Waals surface area contributed by atoms with Crippen molar-refractivity contribution >= 4 is 34.7 Å². The van der Waals surface area contributed by atoms with E-state index in [2.05, 4.69) is 0 Å². The Kier molecular flexibility index (Phi) is 5.69. The summed E-state index contributed by atoms with van der Waals surface area (Å²) < 4.78 is 17.9. The van der Waals surface area contributed by atoms with Gasteiger partial charge in [0.2, 0.25) is 0 Å². The molecule has 0 aliphatic heterocycles. The molecule has 0 aliphatic rings. The van der Waals surface area contributed by atoms with Crippen molar-refractivity contribution in [2.24, 2.45) is 0 Å². The number of Topliss-reactive ketones (excluding diaryl/α,β-unsaturated/α-hetero) is 1. The largest absolute Gasteiger partial charge is 0.461 e. The predicted octanol–water partition coefficient (Wildman–Crippen LogP) is 4.56. The molecule has 0 unspecified atom stereocenters. The molecule has 0 aliphatic carbocycles. The zero-order valence-electron chi connectivity index (χ0n) is 11.9. The van der Waals surface area contributed by atoms with Gasteiger partial charge < -0.3 is 4.74 Å². The van der Waals surface area contributed by atoms with Gasteiger partial charge in [-0.15, -0.1) is 11.3 Å². The van der Waals surface area contributed by atoms with Gasteiger partial charge in [-0.05, 0) is 31.2 Å². The third-order valence-corrected chi connectivity index (χ3v) is 4.37. The van der Waals surface area contributed by atoms with Crippen molar-refractivity contribution in [3.05, 3.63) is 56.5 Å². The molecule has 0 radical (unpaired) electrons. The molecule has 3 nitrogen and oxygen atoms in total. The van der Waals surface area contributed by atoms with Crippen LogP contribution in [0.5, 0.6) is 0 Å². The van der Waals surface area contributed by atoms with Gasteiger partial charge in [-0.25, -0.2) is 4.39 Å². The maximum Gasteiger partial charge on any atom is 0.306 e. The van der Waals surface area contributed by atoms with E-state index in [0.717, 1.165) is 10.9 Å². The number of esters is 1. The monoisotopic (exact) mass is 340 g/mol. The van der Waals surface area contributed by atoms with E-state index in [9.17, 15) is 14.0 Å². The van der Waals surface area contributed by atoms with Crippen LogP contribution in [0.4, 0.5) is 4.39 Å². The highest BCUT2D eigenvalue weighted by Gasteiger charge is 2.12. The Morgan fingerprint density at radius 2 is 2.00 bits per heavy atom. The first-order valence-corrected chi connectivity index (χ1v) is 7.84. The lowest BCUT2D eigenvalue weighted by Crippen LogP contribution is -2.08. The molecule has 0 saturated carbocycles. The smallest absolute Gasteiger partial charge is 0.306 e. The average Bonchev–Trinajstić information content (AvgIpc) is 2.90. The highest BCUT2D eigenvalue weighted by atomic mass is 35.5. The number of hydrogen-bond acceptors (Lipinski definition) is 4. The number of ether oxygens (including phenoxy) is 1. The second kappa shape index (κ2) is 7.51. The van der Waals surface area contributed by atoms with E-state index < -0.39 is 11.8 Å². The van der Waals surface area contributed by atoms with Crippen molar-refractivity contribution in [3.63, 3.8) is 0 Å². The minimum Gasteiger partial charge on any atom is -0.461 e. The summed E-state index contributed by atoms with van der Waals surface area (Å²) in [6, 6.07) is 7.49. The van der Waals surface area contributed by atoms with Crippen molar-refractivity contribution in [2.75, 3.05) is 0 Å². The number of thiophene rings is 1. The molecule has 0 fully saturated rings. The van der Waals surface area contributed by atoms with Crippen molar-refractivity contribution in [3.8, 4) is 0 Å². The van der Waals surface area contributed by atoms with Crippen LogP contribution in [0.2, 0.25) is 5.02 Å². The topological polar surface area (TPSA) is 43.4 Å². The van der Waals surface area contributed by atoms with Gasteiger partial charge in [0.1, 0.15) is 12.4 Å². The van der Waals surface area contributed by atoms with E-state index >= 15 is 0 Å². The van der Waals surface area contributed by atoms with Gasteiger partial charge in [0.05, 0.1) is 16.3 Å². The summed E-state index contributed by atoms with van der Waals surface area (Å²) in [5, 5.41) is 0.206. The highest BCUT2D eigenvalue weighted by molar-refractivity contribution is 7.14.